The van der Waals surface area contributed by atoms with E-state index in [-0.39, 0.29) is 30.2 Å². The standard InChI is InChI=1S/C20H21ClN3O3.C5H5.Fe/c1-2-27-20(26)19-11-18(14-5-3-4-6-14)23-24(19)13-17(25)12-22-16-9-7-15(21)8-10-16;1-2-4-5-3-1;/h3-11,17,22,25H,2,12-13H2,1H3;1-5H;/q;;+2/t17-;;/m1../s1. The van der Waals surface area contributed by atoms with Crippen molar-refractivity contribution in [3.63, 3.8) is 0 Å². The van der Waals surface area contributed by atoms with E-state index in [1.807, 2.05) is 69.9 Å². The minimum atomic E-state index is -0.749. The van der Waals surface area contributed by atoms with E-state index < -0.39 is 12.1 Å². The quantitative estimate of drug-likeness (QED) is 0.418. The van der Waals surface area contributed by atoms with Gasteiger partial charge in [-0.05, 0) is 95.0 Å². The van der Waals surface area contributed by atoms with Crippen molar-refractivity contribution in [1.82, 2.24) is 9.78 Å². The van der Waals surface area contributed by atoms with Crippen LogP contribution in [0.1, 0.15) is 23.1 Å². The maximum Gasteiger partial charge on any atom is 2.00 e. The molecule has 10 radical (unpaired) electrons. The Morgan fingerprint density at radius 2 is 1.70 bits per heavy atom. The van der Waals surface area contributed by atoms with E-state index in [4.69, 9.17) is 16.3 Å². The van der Waals surface area contributed by atoms with Crippen LogP contribution in [0.5, 0.6) is 0 Å². The molecule has 0 saturated heterocycles. The number of ether oxygens (including phenoxy) is 1. The summed E-state index contributed by atoms with van der Waals surface area (Å²) >= 11 is 5.87. The van der Waals surface area contributed by atoms with E-state index in [2.05, 4.69) is 10.4 Å². The summed E-state index contributed by atoms with van der Waals surface area (Å²) in [5.74, 6) is 0.453. The first-order chi connectivity index (χ1) is 15.6. The number of hydrogen-bond donors (Lipinski definition) is 2. The van der Waals surface area contributed by atoms with Gasteiger partial charge in [-0.3, -0.25) is 4.68 Å². The molecule has 2 aliphatic carbocycles. The molecule has 2 aliphatic rings. The first kappa shape index (κ1) is 27.7. The first-order valence-corrected chi connectivity index (χ1v) is 10.8. The SMILES string of the molecule is CCOC(=O)c1cc([C]2[CH][CH][CH][CH]2)nn1C[C@H](O)CNc1ccc(Cl)cc1.[CH]1[CH][CH][CH][CH]1.[Fe+2]. The molecule has 2 saturated carbocycles. The number of aromatic nitrogens is 2. The van der Waals surface area contributed by atoms with Gasteiger partial charge in [0.2, 0.25) is 0 Å². The second-order valence-corrected chi connectivity index (χ2v) is 7.43. The second-order valence-electron chi connectivity index (χ2n) is 6.99. The summed E-state index contributed by atoms with van der Waals surface area (Å²) < 4.78 is 6.61. The van der Waals surface area contributed by atoms with Crippen LogP contribution < -0.4 is 5.32 Å². The predicted octanol–water partition coefficient (Wildman–Crippen LogP) is 3.96. The van der Waals surface area contributed by atoms with Gasteiger partial charge in [0.05, 0.1) is 24.9 Å². The van der Waals surface area contributed by atoms with Gasteiger partial charge in [-0.2, -0.15) is 5.10 Å². The van der Waals surface area contributed by atoms with Crippen molar-refractivity contribution in [3.8, 4) is 0 Å². The third kappa shape index (κ3) is 8.97. The Morgan fingerprint density at radius 3 is 2.27 bits per heavy atom. The molecule has 1 heterocycles. The van der Waals surface area contributed by atoms with Gasteiger partial charge in [0.1, 0.15) is 5.69 Å². The van der Waals surface area contributed by atoms with Gasteiger partial charge < -0.3 is 15.2 Å². The molecule has 2 fully saturated rings. The summed E-state index contributed by atoms with van der Waals surface area (Å²) in [6.45, 7) is 2.49. The number of carbonyl (C=O) groups is 1. The molecule has 4 rings (SSSR count). The minimum absolute atomic E-state index is 0. The van der Waals surface area contributed by atoms with Crippen molar-refractivity contribution in [2.75, 3.05) is 18.5 Å². The third-order valence-electron chi connectivity index (χ3n) is 4.55. The Balaban J connectivity index is 0.000000568. The van der Waals surface area contributed by atoms with Gasteiger partial charge in [0.25, 0.3) is 0 Å². The van der Waals surface area contributed by atoms with Crippen molar-refractivity contribution in [3.05, 3.63) is 110 Å². The van der Waals surface area contributed by atoms with Crippen LogP contribution in [0.25, 0.3) is 0 Å². The fraction of sp³-hybridized carbons (Fsp3) is 0.200. The molecule has 33 heavy (non-hydrogen) atoms. The zero-order chi connectivity index (χ0) is 22.8. The van der Waals surface area contributed by atoms with Gasteiger partial charge >= 0.3 is 23.0 Å². The maximum absolute atomic E-state index is 12.2. The molecule has 0 amide bonds. The number of nitrogens with zero attached hydrogens (tertiary/aromatic N) is 2. The minimum Gasteiger partial charge on any atom is -0.461 e. The fourth-order valence-electron chi connectivity index (χ4n) is 3.00. The zero-order valence-corrected chi connectivity index (χ0v) is 20.0. The van der Waals surface area contributed by atoms with Gasteiger partial charge in [-0.15, -0.1) is 0 Å². The molecule has 172 valence electrons. The summed E-state index contributed by atoms with van der Waals surface area (Å²) in [5.41, 5.74) is 1.83. The number of esters is 1. The van der Waals surface area contributed by atoms with E-state index >= 15 is 0 Å². The monoisotopic (exact) mass is 507 g/mol. The number of rotatable bonds is 8. The molecule has 1 atom stereocenters. The van der Waals surface area contributed by atoms with Gasteiger partial charge in [0, 0.05) is 23.2 Å². The summed E-state index contributed by atoms with van der Waals surface area (Å²) in [7, 11) is 0. The van der Waals surface area contributed by atoms with E-state index in [0.29, 0.717) is 23.0 Å². The predicted molar refractivity (Wildman–Crippen MR) is 125 cm³/mol. The van der Waals surface area contributed by atoms with Gasteiger partial charge in [0.15, 0.2) is 0 Å². The van der Waals surface area contributed by atoms with Crippen LogP contribution in [-0.2, 0) is 28.4 Å². The Bertz CT molecular complexity index is 826. The number of anilines is 1. The average Bonchev–Trinajstić information content (AvgIpc) is 3.57. The Morgan fingerprint density at radius 1 is 1.09 bits per heavy atom. The van der Waals surface area contributed by atoms with Gasteiger partial charge in [-0.25, -0.2) is 4.79 Å². The number of halogens is 1. The molecule has 0 unspecified atom stereocenters. The molecular weight excluding hydrogens is 482 g/mol. The van der Waals surface area contributed by atoms with Crippen LogP contribution in [0.2, 0.25) is 5.02 Å². The molecule has 2 aromatic rings. The average molecular weight is 508 g/mol. The molecule has 1 aromatic carbocycles. The van der Waals surface area contributed by atoms with Crippen molar-refractivity contribution in [2.45, 2.75) is 19.6 Å². The Kier molecular flexibility index (Phi) is 12.3. The summed E-state index contributed by atoms with van der Waals surface area (Å²) in [4.78, 5) is 12.2. The number of carbonyl (C=O) groups excluding carboxylic acids is 1. The normalized spacial score (nSPS) is 16.5. The van der Waals surface area contributed by atoms with Crippen LogP contribution in [0.3, 0.4) is 0 Å². The van der Waals surface area contributed by atoms with E-state index in [9.17, 15) is 9.90 Å². The van der Waals surface area contributed by atoms with Crippen LogP contribution in [-0.4, -0.2) is 40.1 Å². The summed E-state index contributed by atoms with van der Waals surface area (Å²) in [6.07, 6.45) is 16.9. The summed E-state index contributed by atoms with van der Waals surface area (Å²) in [6, 6.07) is 8.90. The largest absolute Gasteiger partial charge is 2.00 e. The van der Waals surface area contributed by atoms with Crippen LogP contribution in [0.15, 0.2) is 30.3 Å². The van der Waals surface area contributed by atoms with E-state index in [1.165, 1.54) is 4.68 Å². The maximum atomic E-state index is 12.2. The van der Waals surface area contributed by atoms with E-state index in [0.717, 1.165) is 11.6 Å². The van der Waals surface area contributed by atoms with Crippen LogP contribution in [0.4, 0.5) is 5.69 Å². The van der Waals surface area contributed by atoms with Gasteiger partial charge in [-0.1, -0.05) is 11.6 Å². The Labute approximate surface area is 212 Å². The zero-order valence-electron chi connectivity index (χ0n) is 18.2. The van der Waals surface area contributed by atoms with E-state index in [1.54, 1.807) is 25.1 Å². The number of nitrogens with one attached hydrogen (secondary N) is 1. The summed E-state index contributed by atoms with van der Waals surface area (Å²) in [5, 5.41) is 18.7. The second kappa shape index (κ2) is 14.7. The van der Waals surface area contributed by atoms with Crippen molar-refractivity contribution >= 4 is 23.3 Å². The molecule has 1 aromatic heterocycles. The van der Waals surface area contributed by atoms with Crippen LogP contribution >= 0.6 is 11.6 Å². The van der Waals surface area contributed by atoms with Crippen molar-refractivity contribution in [1.29, 1.82) is 0 Å². The molecule has 0 bridgehead atoms. The first-order valence-electron chi connectivity index (χ1n) is 10.4. The molecule has 0 aliphatic heterocycles. The molecule has 6 nitrogen and oxygen atoms in total. The number of aliphatic hydroxyl groups excluding tert-OH is 1. The number of benzene rings is 1. The number of hydrogen-bond acceptors (Lipinski definition) is 5. The third-order valence-corrected chi connectivity index (χ3v) is 4.80. The number of aliphatic hydroxyl groups is 1. The molecule has 0 spiro atoms. The molecular formula is C25H26ClFeN3O3+2. The fourth-order valence-corrected chi connectivity index (χ4v) is 3.13. The van der Waals surface area contributed by atoms with Crippen molar-refractivity contribution in [2.24, 2.45) is 0 Å². The molecule has 2 N–H and O–H groups in total. The topological polar surface area (TPSA) is 76.4 Å². The smallest absolute Gasteiger partial charge is 0.461 e. The van der Waals surface area contributed by atoms with Crippen molar-refractivity contribution < 1.29 is 31.7 Å². The molecule has 8 heteroatoms. The van der Waals surface area contributed by atoms with Crippen LogP contribution in [0, 0.1) is 63.7 Å². The Hall–Kier alpha value is -1.53.